The van der Waals surface area contributed by atoms with Gasteiger partial charge in [-0.25, -0.2) is 4.79 Å². The van der Waals surface area contributed by atoms with Crippen LogP contribution in [0.4, 0.5) is 0 Å². The fourth-order valence-electron chi connectivity index (χ4n) is 1.63. The largest absolute Gasteiger partial charge is 0.493 e. The lowest BCUT2D eigenvalue weighted by Gasteiger charge is -2.10. The van der Waals surface area contributed by atoms with Crippen molar-refractivity contribution in [1.29, 1.82) is 0 Å². The monoisotopic (exact) mass is 262 g/mol. The van der Waals surface area contributed by atoms with Crippen LogP contribution < -0.4 is 9.47 Å². The number of ether oxygens (including phenoxy) is 2. The molecule has 6 heteroatoms. The van der Waals surface area contributed by atoms with Crippen molar-refractivity contribution in [2.75, 3.05) is 7.11 Å². The van der Waals surface area contributed by atoms with E-state index in [0.717, 1.165) is 5.56 Å². The smallest absolute Gasteiger partial charge is 0.335 e. The summed E-state index contributed by atoms with van der Waals surface area (Å²) in [6.45, 7) is 0.299. The molecule has 0 bridgehead atoms. The molecule has 0 radical (unpaired) electrons. The van der Waals surface area contributed by atoms with E-state index in [4.69, 9.17) is 14.6 Å². The zero-order valence-corrected chi connectivity index (χ0v) is 10.7. The van der Waals surface area contributed by atoms with Gasteiger partial charge in [0.15, 0.2) is 11.5 Å². The van der Waals surface area contributed by atoms with Crippen LogP contribution in [0.5, 0.6) is 11.5 Å². The van der Waals surface area contributed by atoms with Crippen LogP contribution in [0.3, 0.4) is 0 Å². The number of carbonyl (C=O) groups is 1. The van der Waals surface area contributed by atoms with Gasteiger partial charge >= 0.3 is 5.97 Å². The van der Waals surface area contributed by atoms with Crippen molar-refractivity contribution in [3.05, 3.63) is 41.7 Å². The highest BCUT2D eigenvalue weighted by atomic mass is 16.5. The van der Waals surface area contributed by atoms with E-state index in [2.05, 4.69) is 5.10 Å². The number of carboxylic acids is 1. The van der Waals surface area contributed by atoms with Gasteiger partial charge in [-0.15, -0.1) is 0 Å². The minimum atomic E-state index is -1.01. The van der Waals surface area contributed by atoms with Crippen molar-refractivity contribution in [3.63, 3.8) is 0 Å². The van der Waals surface area contributed by atoms with E-state index in [1.165, 1.54) is 19.2 Å². The zero-order chi connectivity index (χ0) is 13.8. The Kier molecular flexibility index (Phi) is 3.70. The maximum absolute atomic E-state index is 10.9. The topological polar surface area (TPSA) is 73.6 Å². The Balaban J connectivity index is 2.17. The molecule has 0 saturated carbocycles. The molecule has 0 saturated heterocycles. The van der Waals surface area contributed by atoms with Gasteiger partial charge in [-0.2, -0.15) is 5.10 Å². The molecule has 0 fully saturated rings. The molecular weight excluding hydrogens is 248 g/mol. The van der Waals surface area contributed by atoms with E-state index in [1.807, 2.05) is 13.2 Å². The average molecular weight is 262 g/mol. The van der Waals surface area contributed by atoms with Crippen LogP contribution in [0.25, 0.3) is 0 Å². The number of rotatable bonds is 5. The van der Waals surface area contributed by atoms with Crippen molar-refractivity contribution < 1.29 is 19.4 Å². The van der Waals surface area contributed by atoms with Crippen LogP contribution >= 0.6 is 0 Å². The average Bonchev–Trinajstić information content (AvgIpc) is 2.81. The Hall–Kier alpha value is -2.50. The van der Waals surface area contributed by atoms with Gasteiger partial charge in [-0.1, -0.05) is 0 Å². The van der Waals surface area contributed by atoms with Crippen LogP contribution in [0.15, 0.2) is 30.6 Å². The van der Waals surface area contributed by atoms with E-state index in [1.54, 1.807) is 16.9 Å². The normalized spacial score (nSPS) is 10.2. The van der Waals surface area contributed by atoms with Crippen LogP contribution in [0.1, 0.15) is 15.9 Å². The molecule has 1 aromatic heterocycles. The summed E-state index contributed by atoms with van der Waals surface area (Å²) in [4.78, 5) is 10.9. The van der Waals surface area contributed by atoms with Crippen molar-refractivity contribution in [3.8, 4) is 11.5 Å². The zero-order valence-electron chi connectivity index (χ0n) is 10.7. The lowest BCUT2D eigenvalue weighted by atomic mass is 10.2. The standard InChI is InChI=1S/C13H14N2O4/c1-15-7-9(6-14-15)8-19-12-5-10(13(16)17)3-4-11(12)18-2/h3-7H,8H2,1-2H3,(H,16,17). The second-order valence-electron chi connectivity index (χ2n) is 3.98. The number of hydrogen-bond acceptors (Lipinski definition) is 4. The molecule has 19 heavy (non-hydrogen) atoms. The molecule has 0 amide bonds. The van der Waals surface area contributed by atoms with Gasteiger partial charge in [0.2, 0.25) is 0 Å². The first-order valence-corrected chi connectivity index (χ1v) is 5.62. The SMILES string of the molecule is COc1ccc(C(=O)O)cc1OCc1cnn(C)c1. The number of methoxy groups -OCH3 is 1. The first-order chi connectivity index (χ1) is 9.10. The predicted molar refractivity (Wildman–Crippen MR) is 67.5 cm³/mol. The summed E-state index contributed by atoms with van der Waals surface area (Å²) in [5.41, 5.74) is 1.05. The molecule has 0 spiro atoms. The molecule has 1 N–H and O–H groups in total. The van der Waals surface area contributed by atoms with Gasteiger partial charge in [0.1, 0.15) is 6.61 Å². The highest BCUT2D eigenvalue weighted by Crippen LogP contribution is 2.28. The maximum atomic E-state index is 10.9. The lowest BCUT2D eigenvalue weighted by molar-refractivity contribution is 0.0696. The first-order valence-electron chi connectivity index (χ1n) is 5.62. The molecule has 0 unspecified atom stereocenters. The highest BCUT2D eigenvalue weighted by Gasteiger charge is 2.10. The van der Waals surface area contributed by atoms with Crippen molar-refractivity contribution in [2.24, 2.45) is 7.05 Å². The molecule has 100 valence electrons. The quantitative estimate of drug-likeness (QED) is 0.887. The van der Waals surface area contributed by atoms with E-state index >= 15 is 0 Å². The second-order valence-corrected chi connectivity index (χ2v) is 3.98. The van der Waals surface area contributed by atoms with Gasteiger partial charge in [-0.05, 0) is 18.2 Å². The fourth-order valence-corrected chi connectivity index (χ4v) is 1.63. The van der Waals surface area contributed by atoms with Gasteiger partial charge < -0.3 is 14.6 Å². The molecule has 0 aliphatic carbocycles. The summed E-state index contributed by atoms with van der Waals surface area (Å²) in [7, 11) is 3.32. The summed E-state index contributed by atoms with van der Waals surface area (Å²) in [5.74, 6) is -0.117. The minimum Gasteiger partial charge on any atom is -0.493 e. The van der Waals surface area contributed by atoms with Crippen molar-refractivity contribution in [2.45, 2.75) is 6.61 Å². The summed E-state index contributed by atoms with van der Waals surface area (Å²) in [6, 6.07) is 4.48. The highest BCUT2D eigenvalue weighted by molar-refractivity contribution is 5.88. The molecule has 1 heterocycles. The summed E-state index contributed by atoms with van der Waals surface area (Å²) in [5, 5.41) is 13.0. The number of nitrogens with zero attached hydrogens (tertiary/aromatic N) is 2. The van der Waals surface area contributed by atoms with Crippen LogP contribution in [0.2, 0.25) is 0 Å². The van der Waals surface area contributed by atoms with Crippen molar-refractivity contribution in [1.82, 2.24) is 9.78 Å². The Morgan fingerprint density at radius 2 is 2.21 bits per heavy atom. The molecule has 0 aliphatic rings. The molecular formula is C13H14N2O4. The summed E-state index contributed by atoms with van der Waals surface area (Å²) in [6.07, 6.45) is 3.51. The number of aromatic nitrogens is 2. The van der Waals surface area contributed by atoms with E-state index in [0.29, 0.717) is 18.1 Å². The Morgan fingerprint density at radius 1 is 1.42 bits per heavy atom. The Bertz CT molecular complexity index is 592. The van der Waals surface area contributed by atoms with E-state index in [9.17, 15) is 4.79 Å². The Labute approximate surface area is 110 Å². The number of aryl methyl sites for hydroxylation is 1. The molecule has 0 atom stereocenters. The number of aromatic carboxylic acids is 1. The molecule has 1 aromatic carbocycles. The molecule has 6 nitrogen and oxygen atoms in total. The second kappa shape index (κ2) is 5.43. The molecule has 2 aromatic rings. The molecule has 2 rings (SSSR count). The van der Waals surface area contributed by atoms with Gasteiger partial charge in [0.05, 0.1) is 18.9 Å². The third-order valence-corrected chi connectivity index (χ3v) is 2.56. The minimum absolute atomic E-state index is 0.155. The lowest BCUT2D eigenvalue weighted by Crippen LogP contribution is -2.01. The number of benzene rings is 1. The third kappa shape index (κ3) is 3.04. The Morgan fingerprint density at radius 3 is 2.79 bits per heavy atom. The van der Waals surface area contributed by atoms with Crippen LogP contribution in [-0.2, 0) is 13.7 Å². The number of carboxylic acid groups (broad SMARTS) is 1. The third-order valence-electron chi connectivity index (χ3n) is 2.56. The van der Waals surface area contributed by atoms with Gasteiger partial charge in [0, 0.05) is 18.8 Å². The van der Waals surface area contributed by atoms with E-state index in [-0.39, 0.29) is 5.56 Å². The van der Waals surface area contributed by atoms with Gasteiger partial charge in [-0.3, -0.25) is 4.68 Å². The molecule has 0 aliphatic heterocycles. The van der Waals surface area contributed by atoms with Gasteiger partial charge in [0.25, 0.3) is 0 Å². The fraction of sp³-hybridized carbons (Fsp3) is 0.231. The summed E-state index contributed by atoms with van der Waals surface area (Å²) >= 11 is 0. The summed E-state index contributed by atoms with van der Waals surface area (Å²) < 4.78 is 12.4. The van der Waals surface area contributed by atoms with Crippen molar-refractivity contribution >= 4 is 5.97 Å². The van der Waals surface area contributed by atoms with Crippen LogP contribution in [-0.4, -0.2) is 28.0 Å². The predicted octanol–water partition coefficient (Wildman–Crippen LogP) is 1.71. The number of hydrogen-bond donors (Lipinski definition) is 1. The first kappa shape index (κ1) is 12.9. The van der Waals surface area contributed by atoms with E-state index < -0.39 is 5.97 Å². The maximum Gasteiger partial charge on any atom is 0.335 e. The van der Waals surface area contributed by atoms with Crippen LogP contribution in [0, 0.1) is 0 Å².